The fraction of sp³-hybridized carbons (Fsp3) is 0.250. The number of anilines is 1. The van der Waals surface area contributed by atoms with Gasteiger partial charge in [0.15, 0.2) is 0 Å². The fourth-order valence-corrected chi connectivity index (χ4v) is 2.05. The highest BCUT2D eigenvalue weighted by molar-refractivity contribution is 5.80. The lowest BCUT2D eigenvalue weighted by Crippen LogP contribution is -2.31. The van der Waals surface area contributed by atoms with E-state index < -0.39 is 0 Å². The molecule has 1 amide bonds. The average Bonchev–Trinajstić information content (AvgIpc) is 2.48. The minimum atomic E-state index is 0.0854. The zero-order valence-corrected chi connectivity index (χ0v) is 11.6. The molecule has 0 spiro atoms. The molecule has 0 saturated carbocycles. The SMILES string of the molecule is CCN(Cc1ccncc1)C(=O)Cc1ccccc1N. The van der Waals surface area contributed by atoms with Crippen molar-refractivity contribution in [1.29, 1.82) is 0 Å². The van der Waals surface area contributed by atoms with Crippen LogP contribution in [0.25, 0.3) is 0 Å². The van der Waals surface area contributed by atoms with Crippen molar-refractivity contribution in [2.24, 2.45) is 0 Å². The molecule has 1 heterocycles. The van der Waals surface area contributed by atoms with Crippen molar-refractivity contribution in [3.05, 3.63) is 59.9 Å². The number of likely N-dealkylation sites (N-methyl/N-ethyl adjacent to an activating group) is 1. The Morgan fingerprint density at radius 2 is 1.90 bits per heavy atom. The number of para-hydroxylation sites is 1. The third-order valence-electron chi connectivity index (χ3n) is 3.25. The molecule has 0 unspecified atom stereocenters. The van der Waals surface area contributed by atoms with E-state index in [1.54, 1.807) is 12.4 Å². The summed E-state index contributed by atoms with van der Waals surface area (Å²) >= 11 is 0. The fourth-order valence-electron chi connectivity index (χ4n) is 2.05. The van der Waals surface area contributed by atoms with Crippen LogP contribution in [0.2, 0.25) is 0 Å². The van der Waals surface area contributed by atoms with Gasteiger partial charge in [0.1, 0.15) is 0 Å². The topological polar surface area (TPSA) is 59.2 Å². The Balaban J connectivity index is 2.04. The van der Waals surface area contributed by atoms with Crippen LogP contribution >= 0.6 is 0 Å². The van der Waals surface area contributed by atoms with E-state index in [4.69, 9.17) is 5.73 Å². The van der Waals surface area contributed by atoms with Gasteiger partial charge in [-0.15, -0.1) is 0 Å². The van der Waals surface area contributed by atoms with Crippen LogP contribution in [-0.4, -0.2) is 22.3 Å². The summed E-state index contributed by atoms with van der Waals surface area (Å²) < 4.78 is 0. The average molecular weight is 269 g/mol. The Morgan fingerprint density at radius 1 is 1.20 bits per heavy atom. The van der Waals surface area contributed by atoms with Gasteiger partial charge in [0, 0.05) is 31.2 Å². The molecule has 0 radical (unpaired) electrons. The normalized spacial score (nSPS) is 10.2. The number of hydrogen-bond donors (Lipinski definition) is 1. The van der Waals surface area contributed by atoms with Gasteiger partial charge in [0.2, 0.25) is 5.91 Å². The van der Waals surface area contributed by atoms with Crippen LogP contribution in [0.15, 0.2) is 48.8 Å². The van der Waals surface area contributed by atoms with Crippen LogP contribution < -0.4 is 5.73 Å². The maximum atomic E-state index is 12.4. The summed E-state index contributed by atoms with van der Waals surface area (Å²) in [7, 11) is 0. The second-order valence-corrected chi connectivity index (χ2v) is 4.64. The molecule has 20 heavy (non-hydrogen) atoms. The summed E-state index contributed by atoms with van der Waals surface area (Å²) in [6.45, 7) is 3.26. The summed E-state index contributed by atoms with van der Waals surface area (Å²) in [4.78, 5) is 18.2. The summed E-state index contributed by atoms with van der Waals surface area (Å²) in [6, 6.07) is 11.3. The monoisotopic (exact) mass is 269 g/mol. The van der Waals surface area contributed by atoms with E-state index in [0.717, 1.165) is 11.1 Å². The van der Waals surface area contributed by atoms with Crippen LogP contribution in [0.4, 0.5) is 5.69 Å². The summed E-state index contributed by atoms with van der Waals surface area (Å²) in [5.74, 6) is 0.0854. The second kappa shape index (κ2) is 6.70. The number of rotatable bonds is 5. The van der Waals surface area contributed by atoms with E-state index in [1.807, 2.05) is 48.2 Å². The van der Waals surface area contributed by atoms with Crippen molar-refractivity contribution in [2.75, 3.05) is 12.3 Å². The molecule has 0 saturated heterocycles. The number of amides is 1. The third kappa shape index (κ3) is 3.57. The first-order valence-electron chi connectivity index (χ1n) is 6.70. The molecule has 0 aliphatic heterocycles. The number of nitrogen functional groups attached to an aromatic ring is 1. The standard InChI is InChI=1S/C16H19N3O/c1-2-19(12-13-7-9-18-10-8-13)16(20)11-14-5-3-4-6-15(14)17/h3-10H,2,11-12,17H2,1H3. The van der Waals surface area contributed by atoms with Crippen molar-refractivity contribution in [1.82, 2.24) is 9.88 Å². The lowest BCUT2D eigenvalue weighted by molar-refractivity contribution is -0.130. The van der Waals surface area contributed by atoms with Gasteiger partial charge in [0.05, 0.1) is 6.42 Å². The number of carbonyl (C=O) groups excluding carboxylic acids is 1. The first kappa shape index (κ1) is 14.1. The molecule has 0 bridgehead atoms. The molecule has 1 aromatic heterocycles. The van der Waals surface area contributed by atoms with Crippen LogP contribution in [0.3, 0.4) is 0 Å². The first-order valence-corrected chi connectivity index (χ1v) is 6.70. The molecule has 4 heteroatoms. The van der Waals surface area contributed by atoms with Gasteiger partial charge >= 0.3 is 0 Å². The molecule has 0 fully saturated rings. The van der Waals surface area contributed by atoms with Crippen molar-refractivity contribution < 1.29 is 4.79 Å². The molecular formula is C16H19N3O. The third-order valence-corrected chi connectivity index (χ3v) is 3.25. The van der Waals surface area contributed by atoms with E-state index in [2.05, 4.69) is 4.98 Å². The first-order chi connectivity index (χ1) is 9.70. The highest BCUT2D eigenvalue weighted by Gasteiger charge is 2.13. The molecule has 4 nitrogen and oxygen atoms in total. The Morgan fingerprint density at radius 3 is 2.55 bits per heavy atom. The van der Waals surface area contributed by atoms with Crippen molar-refractivity contribution in [3.63, 3.8) is 0 Å². The van der Waals surface area contributed by atoms with Crippen LogP contribution in [0.1, 0.15) is 18.1 Å². The van der Waals surface area contributed by atoms with Crippen molar-refractivity contribution >= 4 is 11.6 Å². The highest BCUT2D eigenvalue weighted by Crippen LogP contribution is 2.13. The zero-order valence-electron chi connectivity index (χ0n) is 11.6. The van der Waals surface area contributed by atoms with Gasteiger partial charge in [-0.25, -0.2) is 0 Å². The van der Waals surface area contributed by atoms with E-state index >= 15 is 0 Å². The number of pyridine rings is 1. The maximum Gasteiger partial charge on any atom is 0.227 e. The molecule has 2 aromatic rings. The molecule has 2 rings (SSSR count). The number of benzene rings is 1. The Labute approximate surface area is 119 Å². The van der Waals surface area contributed by atoms with Crippen LogP contribution in [-0.2, 0) is 17.8 Å². The summed E-state index contributed by atoms with van der Waals surface area (Å²) in [5, 5.41) is 0. The maximum absolute atomic E-state index is 12.4. The van der Waals surface area contributed by atoms with Crippen LogP contribution in [0, 0.1) is 0 Å². The predicted octanol–water partition coefficient (Wildman–Crippen LogP) is 2.25. The molecule has 0 aliphatic carbocycles. The highest BCUT2D eigenvalue weighted by atomic mass is 16.2. The molecule has 104 valence electrons. The smallest absolute Gasteiger partial charge is 0.227 e. The zero-order chi connectivity index (χ0) is 14.4. The number of aromatic nitrogens is 1. The van der Waals surface area contributed by atoms with Gasteiger partial charge < -0.3 is 10.6 Å². The Bertz CT molecular complexity index is 569. The predicted molar refractivity (Wildman–Crippen MR) is 79.9 cm³/mol. The quantitative estimate of drug-likeness (QED) is 0.847. The Kier molecular flexibility index (Phi) is 4.71. The van der Waals surface area contributed by atoms with E-state index in [9.17, 15) is 4.79 Å². The lowest BCUT2D eigenvalue weighted by Gasteiger charge is -2.21. The number of nitrogens with two attached hydrogens (primary N) is 1. The minimum Gasteiger partial charge on any atom is -0.398 e. The largest absolute Gasteiger partial charge is 0.398 e. The van der Waals surface area contributed by atoms with Gasteiger partial charge in [-0.3, -0.25) is 9.78 Å². The minimum absolute atomic E-state index is 0.0854. The molecule has 1 aromatic carbocycles. The van der Waals surface area contributed by atoms with E-state index in [1.165, 1.54) is 0 Å². The number of carbonyl (C=O) groups is 1. The van der Waals surface area contributed by atoms with Gasteiger partial charge in [-0.2, -0.15) is 0 Å². The number of nitrogens with zero attached hydrogens (tertiary/aromatic N) is 2. The van der Waals surface area contributed by atoms with E-state index in [-0.39, 0.29) is 5.91 Å². The van der Waals surface area contributed by atoms with Crippen LogP contribution in [0.5, 0.6) is 0 Å². The lowest BCUT2D eigenvalue weighted by atomic mass is 10.1. The second-order valence-electron chi connectivity index (χ2n) is 4.64. The molecule has 0 aliphatic rings. The van der Waals surface area contributed by atoms with Gasteiger partial charge in [-0.05, 0) is 36.2 Å². The van der Waals surface area contributed by atoms with Crippen molar-refractivity contribution in [3.8, 4) is 0 Å². The summed E-state index contributed by atoms with van der Waals surface area (Å²) in [5.41, 5.74) is 8.51. The van der Waals surface area contributed by atoms with Gasteiger partial charge in [0.25, 0.3) is 0 Å². The molecule has 2 N–H and O–H groups in total. The molecule has 0 atom stereocenters. The van der Waals surface area contributed by atoms with E-state index in [0.29, 0.717) is 25.2 Å². The Hall–Kier alpha value is -2.36. The summed E-state index contributed by atoms with van der Waals surface area (Å²) in [6.07, 6.45) is 3.82. The molecular weight excluding hydrogens is 250 g/mol. The van der Waals surface area contributed by atoms with Crippen molar-refractivity contribution in [2.45, 2.75) is 19.9 Å². The number of hydrogen-bond acceptors (Lipinski definition) is 3. The van der Waals surface area contributed by atoms with Gasteiger partial charge in [-0.1, -0.05) is 18.2 Å².